The van der Waals surface area contributed by atoms with Crippen LogP contribution in [0.25, 0.3) is 10.9 Å². The van der Waals surface area contributed by atoms with E-state index in [1.165, 1.54) is 0 Å². The zero-order valence-electron chi connectivity index (χ0n) is 16.7. The zero-order valence-corrected chi connectivity index (χ0v) is 18.2. The van der Waals surface area contributed by atoms with Crippen molar-refractivity contribution < 1.29 is 9.59 Å². The minimum atomic E-state index is -0.308. The van der Waals surface area contributed by atoms with E-state index < -0.39 is 0 Å². The Bertz CT molecular complexity index is 1140. The van der Waals surface area contributed by atoms with Gasteiger partial charge in [0.25, 0.3) is 5.56 Å². The molecule has 0 aliphatic heterocycles. The smallest absolute Gasteiger partial charge is 0.258 e. The first kappa shape index (κ1) is 21.7. The second-order valence-corrected chi connectivity index (χ2v) is 7.90. The van der Waals surface area contributed by atoms with Crippen LogP contribution in [-0.4, -0.2) is 46.8 Å². The molecule has 1 heterocycles. The van der Waals surface area contributed by atoms with Gasteiger partial charge in [0.15, 0.2) is 0 Å². The standard InChI is InChI=1S/C21H22BrN5O3/c1-13-9-14(22)7-8-16(13)25-19(28)10-23-20(29)12-27(2)11-18-24-17-6-4-3-5-15(17)21(30)26-18/h3-9H,10-12H2,1-2H3,(H,23,29)(H,25,28)(H,24,26,30). The molecule has 8 nitrogen and oxygen atoms in total. The number of fused-ring (bicyclic) bond motifs is 1. The number of hydrogen-bond acceptors (Lipinski definition) is 5. The first-order chi connectivity index (χ1) is 14.3. The SMILES string of the molecule is Cc1cc(Br)ccc1NC(=O)CNC(=O)CN(C)Cc1nc2ccccc2c(=O)[nH]1. The number of likely N-dealkylation sites (N-methyl/N-ethyl adjacent to an activating group) is 1. The fourth-order valence-electron chi connectivity index (χ4n) is 2.96. The summed E-state index contributed by atoms with van der Waals surface area (Å²) in [6.07, 6.45) is 0. The summed E-state index contributed by atoms with van der Waals surface area (Å²) in [4.78, 5) is 45.2. The van der Waals surface area contributed by atoms with Crippen molar-refractivity contribution in [3.63, 3.8) is 0 Å². The Morgan fingerprint density at radius 3 is 2.70 bits per heavy atom. The first-order valence-electron chi connectivity index (χ1n) is 9.31. The molecule has 3 N–H and O–H groups in total. The molecular formula is C21H22BrN5O3. The summed E-state index contributed by atoms with van der Waals surface area (Å²) in [7, 11) is 1.74. The van der Waals surface area contributed by atoms with Crippen LogP contribution in [0, 0.1) is 6.92 Å². The molecule has 0 aliphatic carbocycles. The van der Waals surface area contributed by atoms with Gasteiger partial charge in [0.2, 0.25) is 11.8 Å². The van der Waals surface area contributed by atoms with Crippen molar-refractivity contribution in [1.29, 1.82) is 0 Å². The van der Waals surface area contributed by atoms with Crippen LogP contribution in [0.15, 0.2) is 51.7 Å². The number of aromatic nitrogens is 2. The number of H-pyrrole nitrogens is 1. The fourth-order valence-corrected chi connectivity index (χ4v) is 3.44. The van der Waals surface area contributed by atoms with Gasteiger partial charge < -0.3 is 15.6 Å². The van der Waals surface area contributed by atoms with E-state index in [1.54, 1.807) is 36.2 Å². The fraction of sp³-hybridized carbons (Fsp3) is 0.238. The number of aromatic amines is 1. The highest BCUT2D eigenvalue weighted by atomic mass is 79.9. The second-order valence-electron chi connectivity index (χ2n) is 6.99. The van der Waals surface area contributed by atoms with Crippen LogP contribution in [0.3, 0.4) is 0 Å². The van der Waals surface area contributed by atoms with E-state index in [4.69, 9.17) is 0 Å². The number of rotatable bonds is 7. The lowest BCUT2D eigenvalue weighted by molar-refractivity contribution is -0.124. The van der Waals surface area contributed by atoms with Crippen LogP contribution < -0.4 is 16.2 Å². The second kappa shape index (κ2) is 9.64. The average molecular weight is 472 g/mol. The summed E-state index contributed by atoms with van der Waals surface area (Å²) in [5, 5.41) is 5.89. The lowest BCUT2D eigenvalue weighted by Crippen LogP contribution is -2.39. The molecule has 3 aromatic rings. The van der Waals surface area contributed by atoms with Gasteiger partial charge >= 0.3 is 0 Å². The summed E-state index contributed by atoms with van der Waals surface area (Å²) < 4.78 is 0.927. The third-order valence-corrected chi connectivity index (χ3v) is 4.90. The van der Waals surface area contributed by atoms with Crippen molar-refractivity contribution in [2.45, 2.75) is 13.5 Å². The van der Waals surface area contributed by atoms with E-state index in [0.717, 1.165) is 10.0 Å². The molecule has 0 atom stereocenters. The van der Waals surface area contributed by atoms with Gasteiger partial charge in [-0.1, -0.05) is 28.1 Å². The van der Waals surface area contributed by atoms with Crippen molar-refractivity contribution in [2.24, 2.45) is 0 Å². The molecule has 0 aliphatic rings. The van der Waals surface area contributed by atoms with Gasteiger partial charge in [0.1, 0.15) is 5.82 Å². The number of para-hydroxylation sites is 1. The molecule has 0 fully saturated rings. The number of carbonyl (C=O) groups excluding carboxylic acids is 2. The van der Waals surface area contributed by atoms with Gasteiger partial charge in [0, 0.05) is 10.2 Å². The molecule has 1 aromatic heterocycles. The molecule has 3 rings (SSSR count). The number of halogens is 1. The Kier molecular flexibility index (Phi) is 6.96. The Labute approximate surface area is 181 Å². The van der Waals surface area contributed by atoms with E-state index >= 15 is 0 Å². The third-order valence-electron chi connectivity index (χ3n) is 4.40. The monoisotopic (exact) mass is 471 g/mol. The van der Waals surface area contributed by atoms with E-state index in [1.807, 2.05) is 25.1 Å². The molecule has 156 valence electrons. The van der Waals surface area contributed by atoms with Crippen LogP contribution in [0.4, 0.5) is 5.69 Å². The summed E-state index contributed by atoms with van der Waals surface area (Å²) in [5.74, 6) is -0.141. The Morgan fingerprint density at radius 1 is 1.17 bits per heavy atom. The zero-order chi connectivity index (χ0) is 21.7. The Morgan fingerprint density at radius 2 is 1.93 bits per heavy atom. The third kappa shape index (κ3) is 5.74. The van der Waals surface area contributed by atoms with E-state index in [0.29, 0.717) is 22.4 Å². The lowest BCUT2D eigenvalue weighted by Gasteiger charge is -2.16. The minimum Gasteiger partial charge on any atom is -0.346 e. The predicted molar refractivity (Wildman–Crippen MR) is 119 cm³/mol. The number of hydrogen-bond donors (Lipinski definition) is 3. The number of aryl methyl sites for hydroxylation is 1. The lowest BCUT2D eigenvalue weighted by atomic mass is 10.2. The van der Waals surface area contributed by atoms with E-state index in [-0.39, 0.29) is 37.0 Å². The average Bonchev–Trinajstić information content (AvgIpc) is 2.68. The van der Waals surface area contributed by atoms with Gasteiger partial charge in [-0.25, -0.2) is 4.98 Å². The summed E-state index contributed by atoms with van der Waals surface area (Å²) >= 11 is 3.38. The molecule has 2 amide bonds. The van der Waals surface area contributed by atoms with Crippen molar-refractivity contribution in [2.75, 3.05) is 25.5 Å². The van der Waals surface area contributed by atoms with Crippen molar-refractivity contribution in [3.05, 3.63) is 68.7 Å². The Balaban J connectivity index is 1.50. The maximum Gasteiger partial charge on any atom is 0.258 e. The van der Waals surface area contributed by atoms with Crippen LogP contribution in [0.2, 0.25) is 0 Å². The molecule has 0 saturated heterocycles. The van der Waals surface area contributed by atoms with E-state index in [9.17, 15) is 14.4 Å². The van der Waals surface area contributed by atoms with Gasteiger partial charge in [-0.05, 0) is 49.9 Å². The highest BCUT2D eigenvalue weighted by Crippen LogP contribution is 2.19. The van der Waals surface area contributed by atoms with E-state index in [2.05, 4.69) is 36.5 Å². The maximum atomic E-state index is 12.2. The van der Waals surface area contributed by atoms with Crippen LogP contribution >= 0.6 is 15.9 Å². The number of anilines is 1. The molecule has 2 aromatic carbocycles. The highest BCUT2D eigenvalue weighted by Gasteiger charge is 2.12. The van der Waals surface area contributed by atoms with Crippen LogP contribution in [-0.2, 0) is 16.1 Å². The number of carbonyl (C=O) groups is 2. The largest absolute Gasteiger partial charge is 0.346 e. The number of amides is 2. The molecule has 0 unspecified atom stereocenters. The molecule has 0 bridgehead atoms. The minimum absolute atomic E-state index is 0.0567. The molecule has 30 heavy (non-hydrogen) atoms. The number of nitrogens with zero attached hydrogens (tertiary/aromatic N) is 2. The molecule has 0 spiro atoms. The summed E-state index contributed by atoms with van der Waals surface area (Å²) in [6, 6.07) is 12.6. The van der Waals surface area contributed by atoms with Crippen molar-refractivity contribution in [1.82, 2.24) is 20.2 Å². The van der Waals surface area contributed by atoms with Crippen LogP contribution in [0.5, 0.6) is 0 Å². The predicted octanol–water partition coefficient (Wildman–Crippen LogP) is 2.18. The maximum absolute atomic E-state index is 12.2. The van der Waals surface area contributed by atoms with Gasteiger partial charge in [0.05, 0.1) is 30.5 Å². The van der Waals surface area contributed by atoms with Crippen LogP contribution in [0.1, 0.15) is 11.4 Å². The first-order valence-corrected chi connectivity index (χ1v) is 10.1. The van der Waals surface area contributed by atoms with Crippen molar-refractivity contribution in [3.8, 4) is 0 Å². The summed E-state index contributed by atoms with van der Waals surface area (Å²) in [5.41, 5.74) is 2.00. The highest BCUT2D eigenvalue weighted by molar-refractivity contribution is 9.10. The number of benzene rings is 2. The molecule has 0 radical (unpaired) electrons. The number of nitrogens with one attached hydrogen (secondary N) is 3. The normalized spacial score (nSPS) is 10.9. The molecule has 0 saturated carbocycles. The topological polar surface area (TPSA) is 107 Å². The molecule has 9 heteroatoms. The molecular weight excluding hydrogens is 450 g/mol. The van der Waals surface area contributed by atoms with Gasteiger partial charge in [-0.3, -0.25) is 19.3 Å². The van der Waals surface area contributed by atoms with Crippen molar-refractivity contribution >= 4 is 44.3 Å². The quantitative estimate of drug-likeness (QED) is 0.489. The van der Waals surface area contributed by atoms with Gasteiger partial charge in [-0.15, -0.1) is 0 Å². The van der Waals surface area contributed by atoms with Gasteiger partial charge in [-0.2, -0.15) is 0 Å². The summed E-state index contributed by atoms with van der Waals surface area (Å²) in [6.45, 7) is 2.10. The Hall–Kier alpha value is -3.04.